The maximum atomic E-state index is 10.5. The summed E-state index contributed by atoms with van der Waals surface area (Å²) in [7, 11) is 0. The van der Waals surface area contributed by atoms with Crippen molar-refractivity contribution in [2.24, 2.45) is 0 Å². The summed E-state index contributed by atoms with van der Waals surface area (Å²) in [5.41, 5.74) is 0. The van der Waals surface area contributed by atoms with Crippen LogP contribution in [0.4, 0.5) is 0 Å². The van der Waals surface area contributed by atoms with E-state index in [1.807, 2.05) is 23.5 Å². The number of carboxylic acid groups (broad SMARTS) is 1. The number of rotatable bonds is 14. The summed E-state index contributed by atoms with van der Waals surface area (Å²) in [5.74, 6) is 1.60. The van der Waals surface area contributed by atoms with Gasteiger partial charge in [0.1, 0.15) is 0 Å². The fraction of sp³-hybridized carbons (Fsp3) is 0.944. The summed E-state index contributed by atoms with van der Waals surface area (Å²) in [6.45, 7) is 2.24. The molecule has 1 fully saturated rings. The van der Waals surface area contributed by atoms with E-state index in [1.54, 1.807) is 0 Å². The zero-order valence-electron chi connectivity index (χ0n) is 14.5. The van der Waals surface area contributed by atoms with Crippen molar-refractivity contribution in [3.8, 4) is 0 Å². The molecule has 1 unspecified atom stereocenters. The first-order valence-corrected chi connectivity index (χ1v) is 11.4. The van der Waals surface area contributed by atoms with Crippen molar-refractivity contribution in [3.63, 3.8) is 0 Å². The molecule has 0 bridgehead atoms. The number of carbonyl (C=O) groups is 1. The number of unbranched alkanes of at least 4 members (excludes halogenated alkanes) is 6. The molecule has 1 rings (SSSR count). The first kappa shape index (κ1) is 21.2. The van der Waals surface area contributed by atoms with Gasteiger partial charge in [-0.3, -0.25) is 4.79 Å². The van der Waals surface area contributed by atoms with Gasteiger partial charge < -0.3 is 10.2 Å². The minimum Gasteiger partial charge on any atom is -0.481 e. The number of aliphatic carboxylic acids is 1. The predicted molar refractivity (Wildman–Crippen MR) is 103 cm³/mol. The fourth-order valence-corrected chi connectivity index (χ4v) is 6.19. The van der Waals surface area contributed by atoms with Crippen LogP contribution in [0.5, 0.6) is 0 Å². The van der Waals surface area contributed by atoms with Gasteiger partial charge in [-0.2, -0.15) is 23.5 Å². The molecule has 3 nitrogen and oxygen atoms in total. The summed E-state index contributed by atoms with van der Waals surface area (Å²) < 4.78 is 0. The van der Waals surface area contributed by atoms with Gasteiger partial charge in [0, 0.05) is 16.9 Å². The highest BCUT2D eigenvalue weighted by molar-refractivity contribution is 8.03. The highest BCUT2D eigenvalue weighted by Gasteiger charge is 2.35. The van der Waals surface area contributed by atoms with Crippen molar-refractivity contribution in [2.75, 3.05) is 11.5 Å². The Labute approximate surface area is 150 Å². The lowest BCUT2D eigenvalue weighted by molar-refractivity contribution is -0.137. The Morgan fingerprint density at radius 2 is 1.61 bits per heavy atom. The number of hydrogen-bond acceptors (Lipinski definition) is 4. The number of aliphatic hydroxyl groups is 1. The molecule has 2 N–H and O–H groups in total. The van der Waals surface area contributed by atoms with E-state index >= 15 is 0 Å². The zero-order valence-corrected chi connectivity index (χ0v) is 16.2. The van der Waals surface area contributed by atoms with Gasteiger partial charge in [0.15, 0.2) is 0 Å². The van der Waals surface area contributed by atoms with Crippen LogP contribution in [0.3, 0.4) is 0 Å². The normalized spacial score (nSPS) is 24.2. The number of carboxylic acids is 1. The lowest BCUT2D eigenvalue weighted by Crippen LogP contribution is -2.24. The van der Waals surface area contributed by atoms with Gasteiger partial charge in [0.2, 0.25) is 0 Å². The molecule has 23 heavy (non-hydrogen) atoms. The molecule has 1 aliphatic carbocycles. The van der Waals surface area contributed by atoms with Crippen LogP contribution in [0.2, 0.25) is 0 Å². The van der Waals surface area contributed by atoms with E-state index < -0.39 is 5.97 Å². The summed E-state index contributed by atoms with van der Waals surface area (Å²) in [6, 6.07) is 0. The Hall–Kier alpha value is 0.130. The van der Waals surface area contributed by atoms with Crippen LogP contribution in [0.15, 0.2) is 0 Å². The number of aliphatic hydroxyl groups excluding tert-OH is 1. The second-order valence-electron chi connectivity index (χ2n) is 6.51. The van der Waals surface area contributed by atoms with Crippen LogP contribution < -0.4 is 0 Å². The van der Waals surface area contributed by atoms with Crippen LogP contribution in [-0.4, -0.2) is 44.3 Å². The number of thioether (sulfide) groups is 2. The van der Waals surface area contributed by atoms with Gasteiger partial charge in [-0.25, -0.2) is 0 Å². The highest BCUT2D eigenvalue weighted by Crippen LogP contribution is 2.38. The standard InChI is InChI=1S/C18H34O3S2/c1-2-3-4-5-8-14-23-18-15(19)11-12-16(18)22-13-9-6-7-10-17(20)21/h15-16,18-19H,2-14H2,1H3,(H,20,21)/t15?,16-,18-/m0/s1. The molecular formula is C18H34O3S2. The van der Waals surface area contributed by atoms with E-state index in [1.165, 1.54) is 37.9 Å². The molecule has 0 amide bonds. The van der Waals surface area contributed by atoms with Gasteiger partial charge in [-0.05, 0) is 43.6 Å². The maximum Gasteiger partial charge on any atom is 0.303 e. The minimum atomic E-state index is -0.688. The third-order valence-corrected chi connectivity index (χ3v) is 7.62. The molecule has 0 aromatic heterocycles. The quantitative estimate of drug-likeness (QED) is 0.428. The summed E-state index contributed by atoms with van der Waals surface area (Å²) >= 11 is 3.98. The zero-order chi connectivity index (χ0) is 16.9. The molecule has 1 aliphatic rings. The fourth-order valence-electron chi connectivity index (χ4n) is 3.02. The Morgan fingerprint density at radius 3 is 2.30 bits per heavy atom. The highest BCUT2D eigenvalue weighted by atomic mass is 32.2. The first-order chi connectivity index (χ1) is 11.1. The van der Waals surface area contributed by atoms with E-state index in [9.17, 15) is 9.90 Å². The molecule has 0 aromatic carbocycles. The van der Waals surface area contributed by atoms with Crippen molar-refractivity contribution >= 4 is 29.5 Å². The van der Waals surface area contributed by atoms with Gasteiger partial charge in [-0.1, -0.05) is 39.0 Å². The molecule has 0 aromatic rings. The number of hydrogen-bond donors (Lipinski definition) is 2. The monoisotopic (exact) mass is 362 g/mol. The van der Waals surface area contributed by atoms with Crippen LogP contribution in [0.1, 0.15) is 77.6 Å². The Bertz CT molecular complexity index is 313. The van der Waals surface area contributed by atoms with Gasteiger partial charge in [-0.15, -0.1) is 0 Å². The van der Waals surface area contributed by atoms with Crippen molar-refractivity contribution in [2.45, 2.75) is 94.2 Å². The molecule has 3 atom stereocenters. The molecule has 0 spiro atoms. The van der Waals surface area contributed by atoms with Gasteiger partial charge in [0.05, 0.1) is 6.10 Å². The SMILES string of the molecule is CCCCCCCS[C@H]1C(O)CC[C@@H]1SCCCCCC(=O)O. The van der Waals surface area contributed by atoms with Crippen LogP contribution in [-0.2, 0) is 4.79 Å². The second kappa shape index (κ2) is 13.4. The van der Waals surface area contributed by atoms with Crippen molar-refractivity contribution in [1.29, 1.82) is 0 Å². The maximum absolute atomic E-state index is 10.5. The van der Waals surface area contributed by atoms with E-state index in [0.29, 0.717) is 16.9 Å². The molecule has 0 saturated heterocycles. The lowest BCUT2D eigenvalue weighted by atomic mass is 10.2. The average Bonchev–Trinajstić information content (AvgIpc) is 2.86. The molecular weight excluding hydrogens is 328 g/mol. The Balaban J connectivity index is 2.09. The third kappa shape index (κ3) is 9.88. The average molecular weight is 363 g/mol. The van der Waals surface area contributed by atoms with E-state index in [4.69, 9.17) is 5.11 Å². The topological polar surface area (TPSA) is 57.5 Å². The largest absolute Gasteiger partial charge is 0.481 e. The van der Waals surface area contributed by atoms with Crippen LogP contribution in [0, 0.1) is 0 Å². The Kier molecular flexibility index (Phi) is 12.4. The molecule has 136 valence electrons. The molecule has 1 saturated carbocycles. The lowest BCUT2D eigenvalue weighted by Gasteiger charge is -2.21. The first-order valence-electron chi connectivity index (χ1n) is 9.28. The van der Waals surface area contributed by atoms with Crippen LogP contribution >= 0.6 is 23.5 Å². The van der Waals surface area contributed by atoms with E-state index in [0.717, 1.165) is 37.9 Å². The molecule has 0 radical (unpaired) electrons. The van der Waals surface area contributed by atoms with Gasteiger partial charge >= 0.3 is 5.97 Å². The molecule has 0 heterocycles. The minimum absolute atomic E-state index is 0.125. The summed E-state index contributed by atoms with van der Waals surface area (Å²) in [5, 5.41) is 19.8. The summed E-state index contributed by atoms with van der Waals surface area (Å²) in [4.78, 5) is 10.5. The van der Waals surface area contributed by atoms with Crippen molar-refractivity contribution < 1.29 is 15.0 Å². The van der Waals surface area contributed by atoms with Gasteiger partial charge in [0.25, 0.3) is 0 Å². The van der Waals surface area contributed by atoms with Crippen molar-refractivity contribution in [3.05, 3.63) is 0 Å². The predicted octanol–water partition coefficient (Wildman–Crippen LogP) is 4.96. The Morgan fingerprint density at radius 1 is 0.957 bits per heavy atom. The van der Waals surface area contributed by atoms with Crippen molar-refractivity contribution in [1.82, 2.24) is 0 Å². The molecule has 5 heteroatoms. The van der Waals surface area contributed by atoms with E-state index in [2.05, 4.69) is 6.92 Å². The smallest absolute Gasteiger partial charge is 0.303 e. The third-order valence-electron chi connectivity index (χ3n) is 4.42. The second-order valence-corrected chi connectivity index (χ2v) is 9.14. The summed E-state index contributed by atoms with van der Waals surface area (Å²) in [6.07, 6.45) is 11.7. The van der Waals surface area contributed by atoms with E-state index in [-0.39, 0.29) is 6.10 Å². The molecule has 0 aliphatic heterocycles. The van der Waals surface area contributed by atoms with Crippen LogP contribution in [0.25, 0.3) is 0 Å².